The lowest BCUT2D eigenvalue weighted by molar-refractivity contribution is -0.121. The first-order chi connectivity index (χ1) is 8.96. The molecule has 2 aliphatic rings. The lowest BCUT2D eigenvalue weighted by atomic mass is 10.00. The Hall–Kier alpha value is -1.75. The summed E-state index contributed by atoms with van der Waals surface area (Å²) in [5, 5.41) is 3.44. The minimum atomic E-state index is 0.00241. The molecule has 0 bridgehead atoms. The summed E-state index contributed by atoms with van der Waals surface area (Å²) in [4.78, 5) is 14.0. The second-order valence-corrected chi connectivity index (χ2v) is 5.90. The van der Waals surface area contributed by atoms with Crippen LogP contribution in [0.25, 0.3) is 0 Å². The van der Waals surface area contributed by atoms with Crippen molar-refractivity contribution in [3.05, 3.63) is 18.2 Å². The predicted molar refractivity (Wildman–Crippen MR) is 74.3 cm³/mol. The van der Waals surface area contributed by atoms with Gasteiger partial charge in [0.1, 0.15) is 5.75 Å². The molecule has 5 nitrogen and oxygen atoms in total. The van der Waals surface area contributed by atoms with Crippen molar-refractivity contribution in [2.24, 2.45) is 0 Å². The van der Waals surface area contributed by atoms with Crippen LogP contribution in [0.1, 0.15) is 20.3 Å². The summed E-state index contributed by atoms with van der Waals surface area (Å²) < 4.78 is 5.47. The normalized spacial score (nSPS) is 25.1. The number of nitrogen functional groups attached to an aromatic ring is 1. The van der Waals surface area contributed by atoms with E-state index < -0.39 is 0 Å². The Morgan fingerprint density at radius 3 is 2.95 bits per heavy atom. The van der Waals surface area contributed by atoms with Crippen LogP contribution in [0, 0.1) is 0 Å². The van der Waals surface area contributed by atoms with Gasteiger partial charge in [-0.05, 0) is 38.5 Å². The highest BCUT2D eigenvalue weighted by Crippen LogP contribution is 2.37. The van der Waals surface area contributed by atoms with Crippen molar-refractivity contribution < 1.29 is 9.53 Å². The molecule has 0 saturated carbocycles. The zero-order valence-electron chi connectivity index (χ0n) is 11.3. The average Bonchev–Trinajstić information content (AvgIpc) is 2.69. The van der Waals surface area contributed by atoms with Gasteiger partial charge < -0.3 is 20.7 Å². The van der Waals surface area contributed by atoms with Gasteiger partial charge in [0.2, 0.25) is 0 Å². The van der Waals surface area contributed by atoms with Crippen molar-refractivity contribution in [1.82, 2.24) is 5.32 Å². The third-order valence-corrected chi connectivity index (χ3v) is 3.79. The Balaban J connectivity index is 1.97. The molecule has 1 aromatic carbocycles. The summed E-state index contributed by atoms with van der Waals surface area (Å²) in [7, 11) is 0. The van der Waals surface area contributed by atoms with E-state index in [2.05, 4.69) is 19.2 Å². The fraction of sp³-hybridized carbons (Fsp3) is 0.500. The van der Waals surface area contributed by atoms with Gasteiger partial charge in [-0.3, -0.25) is 4.79 Å². The van der Waals surface area contributed by atoms with E-state index in [0.717, 1.165) is 24.4 Å². The molecule has 2 heterocycles. The van der Waals surface area contributed by atoms with Crippen LogP contribution in [-0.4, -0.2) is 30.6 Å². The molecule has 3 rings (SSSR count). The van der Waals surface area contributed by atoms with Crippen molar-refractivity contribution in [3.63, 3.8) is 0 Å². The topological polar surface area (TPSA) is 67.6 Å². The summed E-state index contributed by atoms with van der Waals surface area (Å²) in [6.45, 7) is 5.21. The molecule has 1 saturated heterocycles. The zero-order valence-corrected chi connectivity index (χ0v) is 11.3. The Morgan fingerprint density at radius 1 is 1.47 bits per heavy atom. The third-order valence-electron chi connectivity index (χ3n) is 3.79. The minimum absolute atomic E-state index is 0.00241. The van der Waals surface area contributed by atoms with Gasteiger partial charge in [-0.2, -0.15) is 0 Å². The number of rotatable bonds is 1. The van der Waals surface area contributed by atoms with E-state index in [1.807, 2.05) is 17.0 Å². The Kier molecular flexibility index (Phi) is 2.67. The number of amides is 1. The number of nitrogens with zero attached hydrogens (tertiary/aromatic N) is 1. The molecule has 0 aliphatic carbocycles. The molecule has 2 aliphatic heterocycles. The van der Waals surface area contributed by atoms with E-state index in [-0.39, 0.29) is 24.1 Å². The molecule has 1 unspecified atom stereocenters. The second-order valence-electron chi connectivity index (χ2n) is 5.90. The standard InChI is InChI=1S/C14H19N3O2/c1-14(2)6-10(7-16-14)17-11-5-9(15)3-4-12(11)19-8-13(17)18/h3-5,10,16H,6-8,15H2,1-2H3. The number of nitrogens with two attached hydrogens (primary N) is 1. The number of ether oxygens (including phenoxy) is 1. The maximum atomic E-state index is 12.2. The summed E-state index contributed by atoms with van der Waals surface area (Å²) in [5.41, 5.74) is 7.33. The molecular formula is C14H19N3O2. The van der Waals surface area contributed by atoms with Crippen LogP contribution in [0.15, 0.2) is 18.2 Å². The van der Waals surface area contributed by atoms with E-state index in [1.165, 1.54) is 0 Å². The van der Waals surface area contributed by atoms with Crippen LogP contribution in [0.3, 0.4) is 0 Å². The number of carbonyl (C=O) groups is 1. The molecule has 0 spiro atoms. The molecule has 1 fully saturated rings. The minimum Gasteiger partial charge on any atom is -0.482 e. The van der Waals surface area contributed by atoms with Gasteiger partial charge in [-0.15, -0.1) is 0 Å². The molecule has 3 N–H and O–H groups in total. The first kappa shape index (κ1) is 12.3. The molecule has 102 valence electrons. The third kappa shape index (κ3) is 2.14. The molecule has 1 atom stereocenters. The first-order valence-corrected chi connectivity index (χ1v) is 6.56. The van der Waals surface area contributed by atoms with E-state index in [4.69, 9.17) is 10.5 Å². The van der Waals surface area contributed by atoms with Gasteiger partial charge in [0.25, 0.3) is 5.91 Å². The summed E-state index contributed by atoms with van der Waals surface area (Å²) in [5.74, 6) is 0.737. The number of anilines is 2. The monoisotopic (exact) mass is 261 g/mol. The highest BCUT2D eigenvalue weighted by atomic mass is 16.5. The number of hydrogen-bond donors (Lipinski definition) is 2. The van der Waals surface area contributed by atoms with Crippen LogP contribution in [0.5, 0.6) is 5.75 Å². The van der Waals surface area contributed by atoms with Crippen molar-refractivity contribution in [2.45, 2.75) is 31.8 Å². The van der Waals surface area contributed by atoms with Crippen LogP contribution < -0.4 is 20.7 Å². The molecule has 0 radical (unpaired) electrons. The smallest absolute Gasteiger partial charge is 0.265 e. The highest BCUT2D eigenvalue weighted by Gasteiger charge is 2.39. The fourth-order valence-electron chi connectivity index (χ4n) is 2.90. The second kappa shape index (κ2) is 4.13. The Labute approximate surface area is 112 Å². The van der Waals surface area contributed by atoms with Crippen molar-refractivity contribution in [3.8, 4) is 5.75 Å². The van der Waals surface area contributed by atoms with Gasteiger partial charge in [-0.1, -0.05) is 0 Å². The van der Waals surface area contributed by atoms with E-state index in [1.54, 1.807) is 6.07 Å². The average molecular weight is 261 g/mol. The number of fused-ring (bicyclic) bond motifs is 1. The van der Waals surface area contributed by atoms with Gasteiger partial charge in [0.15, 0.2) is 6.61 Å². The molecule has 1 aromatic rings. The highest BCUT2D eigenvalue weighted by molar-refractivity contribution is 5.99. The summed E-state index contributed by atoms with van der Waals surface area (Å²) in [6.07, 6.45) is 0.924. The molecule has 0 aromatic heterocycles. The fourth-order valence-corrected chi connectivity index (χ4v) is 2.90. The predicted octanol–water partition coefficient (Wildman–Crippen LogP) is 1.13. The number of benzene rings is 1. The lowest BCUT2D eigenvalue weighted by Crippen LogP contribution is -2.46. The van der Waals surface area contributed by atoms with Crippen LogP contribution >= 0.6 is 0 Å². The molecule has 19 heavy (non-hydrogen) atoms. The van der Waals surface area contributed by atoms with Crippen LogP contribution in [0.4, 0.5) is 11.4 Å². The van der Waals surface area contributed by atoms with E-state index in [0.29, 0.717) is 5.69 Å². The van der Waals surface area contributed by atoms with Crippen molar-refractivity contribution in [2.75, 3.05) is 23.8 Å². The zero-order chi connectivity index (χ0) is 13.6. The largest absolute Gasteiger partial charge is 0.482 e. The van der Waals surface area contributed by atoms with Crippen molar-refractivity contribution in [1.29, 1.82) is 0 Å². The molecular weight excluding hydrogens is 242 g/mol. The van der Waals surface area contributed by atoms with E-state index in [9.17, 15) is 4.79 Å². The van der Waals surface area contributed by atoms with Gasteiger partial charge in [0.05, 0.1) is 11.7 Å². The first-order valence-electron chi connectivity index (χ1n) is 6.56. The SMILES string of the molecule is CC1(C)CC(N2C(=O)COc3ccc(N)cc32)CN1. The molecule has 1 amide bonds. The van der Waals surface area contributed by atoms with Crippen molar-refractivity contribution >= 4 is 17.3 Å². The number of hydrogen-bond acceptors (Lipinski definition) is 4. The van der Waals surface area contributed by atoms with Gasteiger partial charge in [0, 0.05) is 17.8 Å². The van der Waals surface area contributed by atoms with Crippen LogP contribution in [0.2, 0.25) is 0 Å². The maximum absolute atomic E-state index is 12.2. The lowest BCUT2D eigenvalue weighted by Gasteiger charge is -2.34. The van der Waals surface area contributed by atoms with E-state index >= 15 is 0 Å². The number of carbonyl (C=O) groups excluding carboxylic acids is 1. The quantitative estimate of drug-likeness (QED) is 0.744. The van der Waals surface area contributed by atoms with Crippen LogP contribution in [-0.2, 0) is 4.79 Å². The summed E-state index contributed by atoms with van der Waals surface area (Å²) >= 11 is 0. The maximum Gasteiger partial charge on any atom is 0.265 e. The Morgan fingerprint density at radius 2 is 2.26 bits per heavy atom. The Bertz CT molecular complexity index is 527. The number of nitrogens with one attached hydrogen (secondary N) is 1. The van der Waals surface area contributed by atoms with Gasteiger partial charge >= 0.3 is 0 Å². The molecule has 5 heteroatoms. The summed E-state index contributed by atoms with van der Waals surface area (Å²) in [6, 6.07) is 5.60. The van der Waals surface area contributed by atoms with Gasteiger partial charge in [-0.25, -0.2) is 0 Å².